The number of hydrogen-bond acceptors (Lipinski definition) is 8. The van der Waals surface area contributed by atoms with Crippen LogP contribution in [0.15, 0.2) is 41.5 Å². The molecule has 1 aromatic carbocycles. The molecular formula is C31H40O8. The summed E-state index contributed by atoms with van der Waals surface area (Å²) >= 11 is 0. The number of benzene rings is 1. The van der Waals surface area contributed by atoms with E-state index in [0.717, 1.165) is 17.6 Å². The zero-order valence-corrected chi connectivity index (χ0v) is 23.4. The maximum atomic E-state index is 13.8. The van der Waals surface area contributed by atoms with Crippen molar-refractivity contribution in [1.82, 2.24) is 0 Å². The van der Waals surface area contributed by atoms with E-state index in [1.807, 2.05) is 26.8 Å². The van der Waals surface area contributed by atoms with Crippen molar-refractivity contribution in [3.05, 3.63) is 47.0 Å². The third kappa shape index (κ3) is 3.57. The number of carbonyl (C=O) groups excluding carboxylic acids is 2. The Kier molecular flexibility index (Phi) is 6.13. The van der Waals surface area contributed by atoms with Crippen LogP contribution in [0.25, 0.3) is 0 Å². The van der Waals surface area contributed by atoms with Crippen molar-refractivity contribution in [2.45, 2.75) is 102 Å². The van der Waals surface area contributed by atoms with Gasteiger partial charge in [0.2, 0.25) is 0 Å². The van der Waals surface area contributed by atoms with E-state index in [1.54, 1.807) is 24.3 Å². The molecule has 0 aromatic heterocycles. The van der Waals surface area contributed by atoms with Crippen molar-refractivity contribution >= 4 is 11.9 Å². The average Bonchev–Trinajstić information content (AvgIpc) is 2.87. The summed E-state index contributed by atoms with van der Waals surface area (Å²) in [5.74, 6) is -1.60. The largest absolute Gasteiger partial charge is 0.458 e. The fourth-order valence-corrected chi connectivity index (χ4v) is 8.89. The van der Waals surface area contributed by atoms with Gasteiger partial charge in [-0.25, -0.2) is 4.79 Å². The maximum absolute atomic E-state index is 13.8. The van der Waals surface area contributed by atoms with Crippen LogP contribution in [0.1, 0.15) is 77.1 Å². The summed E-state index contributed by atoms with van der Waals surface area (Å²) in [6.45, 7) is 9.46. The van der Waals surface area contributed by atoms with E-state index in [0.29, 0.717) is 24.8 Å². The summed E-state index contributed by atoms with van der Waals surface area (Å²) in [5, 5.41) is 24.2. The first-order chi connectivity index (χ1) is 18.4. The van der Waals surface area contributed by atoms with Crippen LogP contribution < -0.4 is 0 Å². The number of aliphatic hydroxyl groups excluding tert-OH is 1. The molecule has 0 unspecified atom stereocenters. The normalized spacial score (nSPS) is 44.1. The molecule has 2 N–H and O–H groups in total. The molecule has 1 aromatic rings. The molecule has 8 heteroatoms. The lowest BCUT2D eigenvalue weighted by atomic mass is 9.40. The molecule has 1 aliphatic heterocycles. The van der Waals surface area contributed by atoms with Gasteiger partial charge in [0, 0.05) is 36.0 Å². The highest BCUT2D eigenvalue weighted by molar-refractivity contribution is 5.89. The summed E-state index contributed by atoms with van der Waals surface area (Å²) in [7, 11) is 0. The number of fused-ring (bicyclic) bond motifs is 4. The SMILES string of the molecule is CC(=O)O[C@@]12CC[C@@H]1C[C@@H]1OCO[C@H]3CC4=C(C)[C@@H](O)C[C@@](O)([C@@H](OC(=O)c5ccccc5)[C@H]2[C@]31C)C4(C)C. The van der Waals surface area contributed by atoms with E-state index in [-0.39, 0.29) is 31.3 Å². The zero-order valence-electron chi connectivity index (χ0n) is 23.4. The monoisotopic (exact) mass is 540 g/mol. The standard InChI is InChI=1S/C31H40O8/c1-17-21-14-24-29(5)23(36-16-37-24)13-20-11-12-30(20,39-18(2)32)25(29)26(31(35,15-22(17)33)28(21,3)4)38-27(34)19-9-7-6-8-10-19/h6-10,20,22-26,33,35H,11-16H2,1-5H3/t20-,22+,23+,24+,25+,26+,29+,30+,31-/m1/s1. The minimum Gasteiger partial charge on any atom is -0.458 e. The Morgan fingerprint density at radius 2 is 1.77 bits per heavy atom. The van der Waals surface area contributed by atoms with Gasteiger partial charge in [0.1, 0.15) is 24.1 Å². The maximum Gasteiger partial charge on any atom is 0.338 e. The van der Waals surface area contributed by atoms with Gasteiger partial charge >= 0.3 is 11.9 Å². The average molecular weight is 541 g/mol. The smallest absolute Gasteiger partial charge is 0.338 e. The molecule has 0 radical (unpaired) electrons. The van der Waals surface area contributed by atoms with Crippen LogP contribution in [0.3, 0.4) is 0 Å². The Balaban J connectivity index is 1.61. The van der Waals surface area contributed by atoms with Crippen molar-refractivity contribution in [3.63, 3.8) is 0 Å². The van der Waals surface area contributed by atoms with Crippen LogP contribution in [0, 0.1) is 22.7 Å². The van der Waals surface area contributed by atoms with Crippen LogP contribution in [-0.4, -0.2) is 64.6 Å². The molecule has 2 bridgehead atoms. The lowest BCUT2D eigenvalue weighted by molar-refractivity contribution is -0.357. The molecule has 1 heterocycles. The van der Waals surface area contributed by atoms with Gasteiger partial charge in [-0.3, -0.25) is 4.79 Å². The molecule has 8 nitrogen and oxygen atoms in total. The van der Waals surface area contributed by atoms with Crippen LogP contribution in [-0.2, 0) is 23.7 Å². The summed E-state index contributed by atoms with van der Waals surface area (Å²) in [4.78, 5) is 26.4. The Morgan fingerprint density at radius 1 is 1.08 bits per heavy atom. The molecule has 1 saturated heterocycles. The predicted octanol–water partition coefficient (Wildman–Crippen LogP) is 3.93. The van der Waals surface area contributed by atoms with Crippen LogP contribution >= 0.6 is 0 Å². The molecule has 39 heavy (non-hydrogen) atoms. The molecule has 3 saturated carbocycles. The second-order valence-corrected chi connectivity index (χ2v) is 13.1. The Bertz CT molecular complexity index is 1210. The van der Waals surface area contributed by atoms with Crippen molar-refractivity contribution in [2.75, 3.05) is 6.79 Å². The lowest BCUT2D eigenvalue weighted by Gasteiger charge is -2.70. The molecule has 5 aliphatic rings. The third-order valence-electron chi connectivity index (χ3n) is 11.3. The summed E-state index contributed by atoms with van der Waals surface area (Å²) in [5.41, 5.74) is -2.13. The highest BCUT2D eigenvalue weighted by atomic mass is 16.7. The van der Waals surface area contributed by atoms with E-state index in [9.17, 15) is 19.8 Å². The lowest BCUT2D eigenvalue weighted by Crippen LogP contribution is -2.78. The first kappa shape index (κ1) is 26.9. The van der Waals surface area contributed by atoms with E-state index in [4.69, 9.17) is 18.9 Å². The summed E-state index contributed by atoms with van der Waals surface area (Å²) in [6.07, 6.45) is 0.00929. The van der Waals surface area contributed by atoms with Gasteiger partial charge in [-0.15, -0.1) is 0 Å². The molecule has 4 fully saturated rings. The fraction of sp³-hybridized carbons (Fsp3) is 0.677. The molecule has 212 valence electrons. The Hall–Kier alpha value is -2.26. The van der Waals surface area contributed by atoms with Gasteiger partial charge in [-0.05, 0) is 50.3 Å². The van der Waals surface area contributed by atoms with Gasteiger partial charge < -0.3 is 29.2 Å². The highest BCUT2D eigenvalue weighted by Gasteiger charge is 2.76. The Morgan fingerprint density at radius 3 is 2.41 bits per heavy atom. The molecular weight excluding hydrogens is 500 g/mol. The second kappa shape index (κ2) is 8.87. The highest BCUT2D eigenvalue weighted by Crippen LogP contribution is 2.69. The number of rotatable bonds is 3. The van der Waals surface area contributed by atoms with E-state index < -0.39 is 52.1 Å². The number of esters is 2. The van der Waals surface area contributed by atoms with Crippen molar-refractivity contribution in [1.29, 1.82) is 0 Å². The minimum atomic E-state index is -1.66. The molecule has 0 amide bonds. The summed E-state index contributed by atoms with van der Waals surface area (Å²) < 4.78 is 25.3. The van der Waals surface area contributed by atoms with Crippen molar-refractivity contribution < 1.29 is 38.7 Å². The van der Waals surface area contributed by atoms with Crippen LogP contribution in [0.5, 0.6) is 0 Å². The minimum absolute atomic E-state index is 0.00227. The number of carbonyl (C=O) groups is 2. The molecule has 4 aliphatic carbocycles. The van der Waals surface area contributed by atoms with Gasteiger partial charge in [0.05, 0.1) is 23.9 Å². The van der Waals surface area contributed by atoms with E-state index in [2.05, 4.69) is 6.92 Å². The quantitative estimate of drug-likeness (QED) is 0.438. The first-order valence-electron chi connectivity index (χ1n) is 14.2. The van der Waals surface area contributed by atoms with Crippen molar-refractivity contribution in [2.24, 2.45) is 22.7 Å². The topological polar surface area (TPSA) is 112 Å². The molecule has 9 atom stereocenters. The number of hydrogen-bond donors (Lipinski definition) is 2. The zero-order chi connectivity index (χ0) is 28.0. The fourth-order valence-electron chi connectivity index (χ4n) is 8.89. The number of aliphatic hydroxyl groups is 2. The third-order valence-corrected chi connectivity index (χ3v) is 11.3. The van der Waals surface area contributed by atoms with Crippen LogP contribution in [0.4, 0.5) is 0 Å². The van der Waals surface area contributed by atoms with Gasteiger partial charge in [0.15, 0.2) is 0 Å². The van der Waals surface area contributed by atoms with E-state index >= 15 is 0 Å². The first-order valence-corrected chi connectivity index (χ1v) is 14.2. The van der Waals surface area contributed by atoms with Crippen LogP contribution in [0.2, 0.25) is 0 Å². The predicted molar refractivity (Wildman–Crippen MR) is 140 cm³/mol. The summed E-state index contributed by atoms with van der Waals surface area (Å²) in [6, 6.07) is 8.72. The van der Waals surface area contributed by atoms with Gasteiger partial charge in [-0.2, -0.15) is 0 Å². The van der Waals surface area contributed by atoms with Gasteiger partial charge in [0.25, 0.3) is 0 Å². The van der Waals surface area contributed by atoms with E-state index in [1.165, 1.54) is 6.92 Å². The number of ether oxygens (including phenoxy) is 4. The van der Waals surface area contributed by atoms with Crippen molar-refractivity contribution in [3.8, 4) is 0 Å². The second-order valence-electron chi connectivity index (χ2n) is 13.1. The Labute approximate surface area is 229 Å². The molecule has 0 spiro atoms. The molecule has 6 rings (SSSR count). The van der Waals surface area contributed by atoms with Gasteiger partial charge in [-0.1, -0.05) is 44.5 Å².